The van der Waals surface area contributed by atoms with Gasteiger partial charge in [0, 0.05) is 0 Å². The fourth-order valence-corrected chi connectivity index (χ4v) is 2.88. The van der Waals surface area contributed by atoms with E-state index in [0.717, 1.165) is 0 Å². The van der Waals surface area contributed by atoms with Crippen LogP contribution in [0.5, 0.6) is 0 Å². The fraction of sp³-hybridized carbons (Fsp3) is 0.600. The third kappa shape index (κ3) is 16.7. The Morgan fingerprint density at radius 1 is 0.759 bits per heavy atom. The van der Waals surface area contributed by atoms with Crippen LogP contribution < -0.4 is 15.3 Å². The molecule has 3 nitrogen and oxygen atoms in total. The van der Waals surface area contributed by atoms with E-state index in [4.69, 9.17) is 0 Å². The van der Waals surface area contributed by atoms with Crippen molar-refractivity contribution >= 4 is 0 Å². The van der Waals surface area contributed by atoms with Crippen LogP contribution in [0.15, 0.2) is 58.6 Å². The van der Waals surface area contributed by atoms with Crippen molar-refractivity contribution in [3.63, 3.8) is 0 Å². The fourth-order valence-electron chi connectivity index (χ4n) is 2.30. The average molecular weight is 438 g/mol. The Morgan fingerprint density at radius 3 is 1.07 bits per heavy atom. The van der Waals surface area contributed by atoms with Crippen molar-refractivity contribution < 1.29 is 35.8 Å². The molecule has 1 aliphatic rings. The van der Waals surface area contributed by atoms with Crippen LogP contribution in [0.3, 0.4) is 0 Å². The van der Waals surface area contributed by atoms with E-state index in [1.165, 1.54) is 20.6 Å². The maximum atomic E-state index is 10.1. The number of hydrogen-bond acceptors (Lipinski definition) is 3. The third-order valence-corrected chi connectivity index (χ3v) is 6.12. The van der Waals surface area contributed by atoms with Gasteiger partial charge in [0.1, 0.15) is 0 Å². The topological polar surface area (TPSA) is 69.2 Å². The molecule has 1 aliphatic carbocycles. The molecule has 0 saturated carbocycles. The van der Waals surface area contributed by atoms with Crippen LogP contribution in [0.25, 0.3) is 0 Å². The first-order valence-electron chi connectivity index (χ1n) is 10.1. The SMILES string of the molecule is C=CCC(C)[O-].C=CCC(C)[O-].C=CCC(C)[O-].CC1=C(C)C(C)(C)[C]([Ti+3])=C1C. The predicted molar refractivity (Wildman–Crippen MR) is 118 cm³/mol. The van der Waals surface area contributed by atoms with E-state index in [2.05, 4.69) is 74.8 Å². The second-order valence-corrected chi connectivity index (χ2v) is 8.66. The molecule has 0 bridgehead atoms. The van der Waals surface area contributed by atoms with Crippen molar-refractivity contribution in [3.05, 3.63) is 58.6 Å². The van der Waals surface area contributed by atoms with Gasteiger partial charge in [0.2, 0.25) is 0 Å². The minimum absolute atomic E-state index is 0.314. The van der Waals surface area contributed by atoms with Crippen LogP contribution >= 0.6 is 0 Å². The first-order valence-corrected chi connectivity index (χ1v) is 10.9. The van der Waals surface area contributed by atoms with Crippen molar-refractivity contribution in [2.24, 2.45) is 5.41 Å². The second-order valence-electron chi connectivity index (χ2n) is 7.88. The van der Waals surface area contributed by atoms with Crippen molar-refractivity contribution in [1.29, 1.82) is 0 Å². The van der Waals surface area contributed by atoms with Gasteiger partial charge in [-0.05, 0) is 19.3 Å². The maximum absolute atomic E-state index is 10.1. The zero-order valence-electron chi connectivity index (χ0n) is 19.9. The van der Waals surface area contributed by atoms with Crippen molar-refractivity contribution in [2.75, 3.05) is 0 Å². The summed E-state index contributed by atoms with van der Waals surface area (Å²) in [6.07, 6.45) is 5.25. The molecular formula is C25H42O3Ti. The van der Waals surface area contributed by atoms with E-state index < -0.39 is 18.3 Å². The van der Waals surface area contributed by atoms with Crippen molar-refractivity contribution in [3.8, 4) is 0 Å². The Balaban J connectivity index is -0.000000328. The molecule has 4 heteroatoms. The Hall–Kier alpha value is -0.706. The van der Waals surface area contributed by atoms with E-state index in [9.17, 15) is 15.3 Å². The Morgan fingerprint density at radius 2 is 1.03 bits per heavy atom. The molecular weight excluding hydrogens is 396 g/mol. The molecule has 0 N–H and O–H groups in total. The van der Waals surface area contributed by atoms with E-state index in [1.54, 1.807) is 39.0 Å². The molecule has 0 spiro atoms. The molecule has 1 rings (SSSR count). The summed E-state index contributed by atoms with van der Waals surface area (Å²) in [5, 5.41) is 30.2. The summed E-state index contributed by atoms with van der Waals surface area (Å²) in [6, 6.07) is 0. The first kappa shape index (κ1) is 32.9. The van der Waals surface area contributed by atoms with Crippen LogP contribution in [-0.4, -0.2) is 18.3 Å². The van der Waals surface area contributed by atoms with Crippen LogP contribution in [0, 0.1) is 5.41 Å². The molecule has 0 radical (unpaired) electrons. The van der Waals surface area contributed by atoms with E-state index >= 15 is 0 Å². The van der Waals surface area contributed by atoms with Crippen LogP contribution in [0.4, 0.5) is 0 Å². The molecule has 0 amide bonds. The quantitative estimate of drug-likeness (QED) is 0.463. The molecule has 0 aromatic heterocycles. The number of allylic oxidation sites excluding steroid dienone is 4. The van der Waals surface area contributed by atoms with Gasteiger partial charge in [0.05, 0.1) is 0 Å². The molecule has 0 aliphatic heterocycles. The summed E-state index contributed by atoms with van der Waals surface area (Å²) in [5.74, 6) is 0. The molecule has 3 unspecified atom stereocenters. The van der Waals surface area contributed by atoms with Gasteiger partial charge in [0.15, 0.2) is 0 Å². The van der Waals surface area contributed by atoms with Gasteiger partial charge >= 0.3 is 81.1 Å². The summed E-state index contributed by atoms with van der Waals surface area (Å²) in [5.41, 5.74) is 4.83. The van der Waals surface area contributed by atoms with E-state index in [1.807, 2.05) is 0 Å². The monoisotopic (exact) mass is 438 g/mol. The van der Waals surface area contributed by atoms with Crippen LogP contribution in [-0.2, 0) is 20.4 Å². The predicted octanol–water partition coefficient (Wildman–Crippen LogP) is 4.12. The second kappa shape index (κ2) is 18.1. The summed E-state index contributed by atoms with van der Waals surface area (Å²) >= 11 is 2.25. The Kier molecular flexibility index (Phi) is 20.6. The molecule has 0 heterocycles. The first-order chi connectivity index (χ1) is 13.2. The van der Waals surface area contributed by atoms with Crippen LogP contribution in [0.1, 0.15) is 74.7 Å². The summed E-state index contributed by atoms with van der Waals surface area (Å²) in [6.45, 7) is 26.4. The average Bonchev–Trinajstić information content (AvgIpc) is 2.71. The van der Waals surface area contributed by atoms with Gasteiger partial charge in [-0.15, -0.1) is 38.0 Å². The van der Waals surface area contributed by atoms with E-state index in [0.29, 0.717) is 24.7 Å². The standard InChI is InChI=1S/C10H15.3C5H9O.Ti/c1-7-6-10(4,5)9(3)8(7)2;3*1-3-4-5(2)6;/h1-5H3;3*3,5H,1,4H2,2H3;/q;3*-1;+3. The van der Waals surface area contributed by atoms with E-state index in [-0.39, 0.29) is 0 Å². The minimum atomic E-state index is -0.470. The van der Waals surface area contributed by atoms with Gasteiger partial charge in [-0.3, -0.25) is 0 Å². The van der Waals surface area contributed by atoms with Gasteiger partial charge in [-0.2, -0.15) is 0 Å². The Bertz CT molecular complexity index is 479. The molecule has 29 heavy (non-hydrogen) atoms. The zero-order chi connectivity index (χ0) is 23.8. The van der Waals surface area contributed by atoms with Crippen LogP contribution in [0.2, 0.25) is 0 Å². The van der Waals surface area contributed by atoms with Crippen molar-refractivity contribution in [1.82, 2.24) is 0 Å². The molecule has 0 fully saturated rings. The molecule has 164 valence electrons. The van der Waals surface area contributed by atoms with Gasteiger partial charge in [-0.25, -0.2) is 0 Å². The van der Waals surface area contributed by atoms with Crippen molar-refractivity contribution in [2.45, 2.75) is 93.0 Å². The molecule has 0 saturated heterocycles. The summed E-state index contributed by atoms with van der Waals surface area (Å²) < 4.78 is 1.53. The normalized spacial score (nSPS) is 17.4. The van der Waals surface area contributed by atoms with Gasteiger partial charge < -0.3 is 15.3 Å². The summed E-state index contributed by atoms with van der Waals surface area (Å²) in [7, 11) is 0. The molecule has 0 aromatic rings. The third-order valence-electron chi connectivity index (χ3n) is 4.56. The molecule has 0 aromatic carbocycles. The van der Waals surface area contributed by atoms with Gasteiger partial charge in [0.25, 0.3) is 0 Å². The summed E-state index contributed by atoms with van der Waals surface area (Å²) in [4.78, 5) is 0. The Labute approximate surface area is 192 Å². The zero-order valence-corrected chi connectivity index (χ0v) is 21.5. The number of rotatable bonds is 6. The van der Waals surface area contributed by atoms with Gasteiger partial charge in [-0.1, -0.05) is 39.0 Å². The number of hydrogen-bond donors (Lipinski definition) is 0. The molecule has 3 atom stereocenters.